The number of aliphatic hydroxyl groups excluding tert-OH is 1. The van der Waals surface area contributed by atoms with Crippen molar-refractivity contribution < 1.29 is 27.9 Å². The van der Waals surface area contributed by atoms with Gasteiger partial charge in [0.2, 0.25) is 0 Å². The summed E-state index contributed by atoms with van der Waals surface area (Å²) in [5, 5.41) is 10.2. The maximum Gasteiger partial charge on any atom is 0.416 e. The Kier molecular flexibility index (Phi) is 4.82. The Balaban J connectivity index is 2.01. The van der Waals surface area contributed by atoms with E-state index in [0.29, 0.717) is 0 Å². The molecule has 2 aliphatic rings. The molecule has 1 N–H and O–H groups in total. The molecule has 1 aromatic carbocycles. The second-order valence-corrected chi connectivity index (χ2v) is 6.88. The van der Waals surface area contributed by atoms with E-state index in [1.54, 1.807) is 0 Å². The Morgan fingerprint density at radius 3 is 2.19 bits per heavy atom. The predicted molar refractivity (Wildman–Crippen MR) is 89.6 cm³/mol. The summed E-state index contributed by atoms with van der Waals surface area (Å²) in [7, 11) is 0. The average molecular weight is 367 g/mol. The zero-order chi connectivity index (χ0) is 19.1. The van der Waals surface area contributed by atoms with Crippen LogP contribution >= 0.6 is 0 Å². The van der Waals surface area contributed by atoms with Crippen molar-refractivity contribution in [1.82, 2.24) is 0 Å². The Morgan fingerprint density at radius 2 is 1.69 bits per heavy atom. The number of nitrogens with zero attached hydrogens (tertiary/aromatic N) is 1. The number of carbonyl (C=O) groups is 2. The SMILES string of the molecule is CC(=O)C1=C(O)C(=O)N(c2ccc(C(F)(F)F)cc2)C1C1CCCCC1. The minimum Gasteiger partial charge on any atom is -0.503 e. The quantitative estimate of drug-likeness (QED) is 0.861. The Hall–Kier alpha value is -2.31. The normalized spacial score (nSPS) is 22.2. The summed E-state index contributed by atoms with van der Waals surface area (Å²) >= 11 is 0. The molecule has 0 aromatic heterocycles. The fourth-order valence-electron chi connectivity index (χ4n) is 3.99. The van der Waals surface area contributed by atoms with Gasteiger partial charge in [-0.25, -0.2) is 0 Å². The monoisotopic (exact) mass is 367 g/mol. The number of hydrogen-bond acceptors (Lipinski definition) is 3. The molecule has 1 atom stereocenters. The van der Waals surface area contributed by atoms with Crippen LogP contribution < -0.4 is 4.90 Å². The molecule has 4 nitrogen and oxygen atoms in total. The number of aliphatic hydroxyl groups is 1. The number of rotatable bonds is 3. The van der Waals surface area contributed by atoms with Gasteiger partial charge in [-0.1, -0.05) is 19.3 Å². The molecular weight excluding hydrogens is 347 g/mol. The summed E-state index contributed by atoms with van der Waals surface area (Å²) in [5.41, 5.74) is -0.491. The molecule has 1 amide bonds. The molecule has 140 valence electrons. The number of hydrogen-bond donors (Lipinski definition) is 1. The first-order valence-electron chi connectivity index (χ1n) is 8.66. The van der Waals surface area contributed by atoms with Crippen molar-refractivity contribution in [2.75, 3.05) is 4.90 Å². The van der Waals surface area contributed by atoms with Gasteiger partial charge in [0, 0.05) is 5.69 Å². The van der Waals surface area contributed by atoms with Crippen molar-refractivity contribution in [1.29, 1.82) is 0 Å². The van der Waals surface area contributed by atoms with Crippen molar-refractivity contribution in [3.63, 3.8) is 0 Å². The first-order valence-corrected chi connectivity index (χ1v) is 8.66. The van der Waals surface area contributed by atoms with Crippen LogP contribution in [0.25, 0.3) is 0 Å². The molecule has 1 aliphatic carbocycles. The Bertz CT molecular complexity index is 746. The van der Waals surface area contributed by atoms with Gasteiger partial charge in [-0.2, -0.15) is 13.2 Å². The number of amides is 1. The van der Waals surface area contributed by atoms with E-state index in [4.69, 9.17) is 0 Å². The third kappa shape index (κ3) is 3.22. The molecule has 1 heterocycles. The smallest absolute Gasteiger partial charge is 0.416 e. The number of carbonyl (C=O) groups excluding carboxylic acids is 2. The summed E-state index contributed by atoms with van der Waals surface area (Å²) < 4.78 is 38.4. The fourth-order valence-corrected chi connectivity index (χ4v) is 3.99. The highest BCUT2D eigenvalue weighted by Crippen LogP contribution is 2.41. The molecule has 0 spiro atoms. The first-order chi connectivity index (χ1) is 12.2. The van der Waals surface area contributed by atoms with Crippen LogP contribution in [0.2, 0.25) is 0 Å². The number of halogens is 3. The van der Waals surface area contributed by atoms with Crippen LogP contribution in [0.1, 0.15) is 44.6 Å². The highest BCUT2D eigenvalue weighted by Gasteiger charge is 2.46. The van der Waals surface area contributed by atoms with E-state index in [1.165, 1.54) is 24.0 Å². The number of alkyl halides is 3. The minimum atomic E-state index is -4.47. The van der Waals surface area contributed by atoms with Crippen LogP contribution in [0.3, 0.4) is 0 Å². The largest absolute Gasteiger partial charge is 0.503 e. The van der Waals surface area contributed by atoms with E-state index in [0.717, 1.165) is 44.2 Å². The lowest BCUT2D eigenvalue weighted by Gasteiger charge is -2.35. The van der Waals surface area contributed by atoms with Crippen molar-refractivity contribution in [3.8, 4) is 0 Å². The van der Waals surface area contributed by atoms with Gasteiger partial charge in [0.05, 0.1) is 17.2 Å². The van der Waals surface area contributed by atoms with Crippen LogP contribution in [-0.4, -0.2) is 22.8 Å². The van der Waals surface area contributed by atoms with Crippen LogP contribution in [0.4, 0.5) is 18.9 Å². The molecule has 0 radical (unpaired) electrons. The number of anilines is 1. The Morgan fingerprint density at radius 1 is 1.12 bits per heavy atom. The zero-order valence-corrected chi connectivity index (χ0v) is 14.3. The van der Waals surface area contributed by atoms with Crippen LogP contribution in [0, 0.1) is 5.92 Å². The van der Waals surface area contributed by atoms with Crippen molar-refractivity contribution in [3.05, 3.63) is 41.2 Å². The van der Waals surface area contributed by atoms with Crippen molar-refractivity contribution >= 4 is 17.4 Å². The topological polar surface area (TPSA) is 57.6 Å². The molecule has 0 saturated heterocycles. The van der Waals surface area contributed by atoms with Crippen molar-refractivity contribution in [2.45, 2.75) is 51.2 Å². The lowest BCUT2D eigenvalue weighted by Crippen LogP contribution is -2.42. The molecule has 1 fully saturated rings. The molecule has 1 saturated carbocycles. The predicted octanol–water partition coefficient (Wildman–Crippen LogP) is 4.40. The average Bonchev–Trinajstić information content (AvgIpc) is 2.87. The molecule has 26 heavy (non-hydrogen) atoms. The van der Waals surface area contributed by atoms with E-state index >= 15 is 0 Å². The van der Waals surface area contributed by atoms with Gasteiger partial charge in [0.25, 0.3) is 5.91 Å². The fraction of sp³-hybridized carbons (Fsp3) is 0.474. The first kappa shape index (κ1) is 18.5. The molecular formula is C19H20F3NO3. The molecule has 0 bridgehead atoms. The van der Waals surface area contributed by atoms with Gasteiger partial charge in [-0.3, -0.25) is 14.5 Å². The standard InChI is InChI=1S/C19H20F3NO3/c1-11(24)15-16(12-5-3-2-4-6-12)23(18(26)17(15)25)14-9-7-13(8-10-14)19(20,21)22/h7-10,12,16,25H,2-6H2,1H3. The molecule has 3 rings (SSSR count). The van der Waals surface area contributed by atoms with Crippen LogP contribution in [0.15, 0.2) is 35.6 Å². The van der Waals surface area contributed by atoms with Gasteiger partial charge < -0.3 is 5.11 Å². The molecule has 1 aromatic rings. The van der Waals surface area contributed by atoms with Crippen LogP contribution in [-0.2, 0) is 15.8 Å². The number of benzene rings is 1. The lowest BCUT2D eigenvalue weighted by atomic mass is 9.80. The highest BCUT2D eigenvalue weighted by atomic mass is 19.4. The zero-order valence-electron chi connectivity index (χ0n) is 14.3. The highest BCUT2D eigenvalue weighted by molar-refractivity contribution is 6.16. The summed E-state index contributed by atoms with van der Waals surface area (Å²) in [6.07, 6.45) is 0.131. The summed E-state index contributed by atoms with van der Waals surface area (Å²) in [4.78, 5) is 26.0. The molecule has 1 aliphatic heterocycles. The van der Waals surface area contributed by atoms with Gasteiger partial charge in [0.1, 0.15) is 0 Å². The van der Waals surface area contributed by atoms with Gasteiger partial charge in [-0.15, -0.1) is 0 Å². The maximum absolute atomic E-state index is 12.8. The molecule has 7 heteroatoms. The second kappa shape index (κ2) is 6.78. The number of Topliss-reactive ketones (excluding diaryl/α,β-unsaturated/α-hetero) is 1. The second-order valence-electron chi connectivity index (χ2n) is 6.88. The van der Waals surface area contributed by atoms with Gasteiger partial charge in [-0.05, 0) is 49.9 Å². The minimum absolute atomic E-state index is 0.00135. The van der Waals surface area contributed by atoms with Crippen LogP contribution in [0.5, 0.6) is 0 Å². The van der Waals surface area contributed by atoms with E-state index in [-0.39, 0.29) is 23.0 Å². The third-order valence-corrected chi connectivity index (χ3v) is 5.20. The number of ketones is 1. The Labute approximate surface area is 149 Å². The van der Waals surface area contributed by atoms with E-state index < -0.39 is 29.4 Å². The molecule has 1 unspecified atom stereocenters. The summed E-state index contributed by atoms with van der Waals surface area (Å²) in [5.74, 6) is -1.71. The van der Waals surface area contributed by atoms with Gasteiger partial charge in [0.15, 0.2) is 11.5 Å². The van der Waals surface area contributed by atoms with Crippen molar-refractivity contribution in [2.24, 2.45) is 5.92 Å². The maximum atomic E-state index is 12.8. The van der Waals surface area contributed by atoms with E-state index in [1.807, 2.05) is 0 Å². The lowest BCUT2D eigenvalue weighted by molar-refractivity contribution is -0.137. The third-order valence-electron chi connectivity index (χ3n) is 5.20. The summed E-state index contributed by atoms with van der Waals surface area (Å²) in [6, 6.07) is 3.61. The van der Waals surface area contributed by atoms with E-state index in [2.05, 4.69) is 0 Å². The summed E-state index contributed by atoms with van der Waals surface area (Å²) in [6.45, 7) is 1.30. The van der Waals surface area contributed by atoms with Gasteiger partial charge >= 0.3 is 6.18 Å². The van der Waals surface area contributed by atoms with E-state index in [9.17, 15) is 27.9 Å².